The maximum absolute atomic E-state index is 10.1. The molecule has 0 saturated carbocycles. The maximum Gasteiger partial charge on any atom is 0.208 e. The number of H-pyrrole nitrogens is 1. The van der Waals surface area contributed by atoms with Gasteiger partial charge >= 0.3 is 0 Å². The highest BCUT2D eigenvalue weighted by molar-refractivity contribution is 7.99. The van der Waals surface area contributed by atoms with Crippen LogP contribution in [-0.2, 0) is 6.42 Å². The van der Waals surface area contributed by atoms with Gasteiger partial charge in [0, 0.05) is 17.1 Å². The van der Waals surface area contributed by atoms with E-state index in [1.165, 1.54) is 16.6 Å². The third-order valence-electron chi connectivity index (χ3n) is 3.41. The number of aromatic amines is 1. The van der Waals surface area contributed by atoms with Gasteiger partial charge in [-0.2, -0.15) is 0 Å². The SMILES string of the molecule is CCOc1ccc(OCC(O)CSc2n[nH]c(Cc3cccs3)n2)cc1. The number of hydrogen-bond acceptors (Lipinski definition) is 7. The molecule has 26 heavy (non-hydrogen) atoms. The van der Waals surface area contributed by atoms with Crippen molar-refractivity contribution in [3.63, 3.8) is 0 Å². The van der Waals surface area contributed by atoms with Gasteiger partial charge in [-0.05, 0) is 42.6 Å². The van der Waals surface area contributed by atoms with Crippen LogP contribution < -0.4 is 9.47 Å². The predicted molar refractivity (Wildman–Crippen MR) is 103 cm³/mol. The summed E-state index contributed by atoms with van der Waals surface area (Å²) in [7, 11) is 0. The minimum Gasteiger partial charge on any atom is -0.494 e. The zero-order valence-electron chi connectivity index (χ0n) is 14.4. The van der Waals surface area contributed by atoms with Gasteiger partial charge in [-0.25, -0.2) is 4.98 Å². The molecule has 1 aromatic carbocycles. The van der Waals surface area contributed by atoms with Crippen molar-refractivity contribution in [1.29, 1.82) is 0 Å². The molecule has 0 aliphatic carbocycles. The molecule has 2 aromatic heterocycles. The van der Waals surface area contributed by atoms with Gasteiger partial charge in [0.05, 0.1) is 12.7 Å². The van der Waals surface area contributed by atoms with E-state index in [2.05, 4.69) is 21.2 Å². The fraction of sp³-hybridized carbons (Fsp3) is 0.333. The average Bonchev–Trinajstić information content (AvgIpc) is 3.32. The van der Waals surface area contributed by atoms with Gasteiger partial charge in [-0.15, -0.1) is 16.4 Å². The summed E-state index contributed by atoms with van der Waals surface area (Å²) in [6.07, 6.45) is 0.139. The van der Waals surface area contributed by atoms with Gasteiger partial charge in [-0.3, -0.25) is 5.10 Å². The van der Waals surface area contributed by atoms with Gasteiger partial charge in [0.2, 0.25) is 5.16 Å². The fourth-order valence-electron chi connectivity index (χ4n) is 2.21. The smallest absolute Gasteiger partial charge is 0.208 e. The molecule has 0 bridgehead atoms. The summed E-state index contributed by atoms with van der Waals surface area (Å²) >= 11 is 3.10. The van der Waals surface area contributed by atoms with E-state index < -0.39 is 6.10 Å². The quantitative estimate of drug-likeness (QED) is 0.516. The van der Waals surface area contributed by atoms with Gasteiger partial charge in [0.1, 0.15) is 23.9 Å². The van der Waals surface area contributed by atoms with Crippen molar-refractivity contribution in [1.82, 2.24) is 15.2 Å². The Morgan fingerprint density at radius 3 is 2.65 bits per heavy atom. The van der Waals surface area contributed by atoms with Gasteiger partial charge < -0.3 is 14.6 Å². The lowest BCUT2D eigenvalue weighted by atomic mass is 10.3. The van der Waals surface area contributed by atoms with E-state index in [9.17, 15) is 5.11 Å². The van der Waals surface area contributed by atoms with Gasteiger partial charge in [0.25, 0.3) is 0 Å². The molecule has 8 heteroatoms. The number of ether oxygens (including phenoxy) is 2. The lowest BCUT2D eigenvalue weighted by Gasteiger charge is -2.11. The zero-order valence-corrected chi connectivity index (χ0v) is 16.1. The van der Waals surface area contributed by atoms with Crippen LogP contribution in [0.4, 0.5) is 0 Å². The molecular formula is C18H21N3O3S2. The van der Waals surface area contributed by atoms with Crippen LogP contribution in [0, 0.1) is 0 Å². The molecular weight excluding hydrogens is 370 g/mol. The Kier molecular flexibility index (Phi) is 6.93. The first kappa shape index (κ1) is 18.8. The van der Waals surface area contributed by atoms with Crippen LogP contribution in [0.2, 0.25) is 0 Å². The van der Waals surface area contributed by atoms with Crippen molar-refractivity contribution in [2.24, 2.45) is 0 Å². The van der Waals surface area contributed by atoms with Crippen LogP contribution >= 0.6 is 23.1 Å². The van der Waals surface area contributed by atoms with Crippen LogP contribution in [0.3, 0.4) is 0 Å². The molecule has 0 amide bonds. The number of thiophene rings is 1. The molecule has 0 fully saturated rings. The number of rotatable bonds is 10. The highest BCUT2D eigenvalue weighted by atomic mass is 32.2. The predicted octanol–water partition coefficient (Wildman–Crippen LogP) is 3.39. The number of aromatic nitrogens is 3. The molecule has 2 N–H and O–H groups in total. The summed E-state index contributed by atoms with van der Waals surface area (Å²) in [5, 5.41) is 19.9. The van der Waals surface area contributed by atoms with Crippen LogP contribution in [0.25, 0.3) is 0 Å². The van der Waals surface area contributed by atoms with Crippen molar-refractivity contribution in [3.8, 4) is 11.5 Å². The molecule has 0 spiro atoms. The first-order valence-electron chi connectivity index (χ1n) is 8.33. The van der Waals surface area contributed by atoms with Gasteiger partial charge in [-0.1, -0.05) is 17.8 Å². The van der Waals surface area contributed by atoms with E-state index in [0.29, 0.717) is 23.3 Å². The molecule has 0 aliphatic rings. The van der Waals surface area contributed by atoms with E-state index in [1.54, 1.807) is 11.3 Å². The van der Waals surface area contributed by atoms with Crippen molar-refractivity contribution < 1.29 is 14.6 Å². The van der Waals surface area contributed by atoms with Crippen molar-refractivity contribution in [2.45, 2.75) is 24.6 Å². The molecule has 1 atom stereocenters. The Morgan fingerprint density at radius 2 is 1.96 bits per heavy atom. The average molecular weight is 392 g/mol. The van der Waals surface area contributed by atoms with Crippen molar-refractivity contribution >= 4 is 23.1 Å². The molecule has 1 unspecified atom stereocenters. The molecule has 138 valence electrons. The van der Waals surface area contributed by atoms with E-state index in [-0.39, 0.29) is 6.61 Å². The highest BCUT2D eigenvalue weighted by Crippen LogP contribution is 2.19. The van der Waals surface area contributed by atoms with E-state index >= 15 is 0 Å². The van der Waals surface area contributed by atoms with E-state index in [0.717, 1.165) is 18.0 Å². The summed E-state index contributed by atoms with van der Waals surface area (Å²) < 4.78 is 11.0. The van der Waals surface area contributed by atoms with Gasteiger partial charge in [0.15, 0.2) is 0 Å². The van der Waals surface area contributed by atoms with Crippen LogP contribution in [0.1, 0.15) is 17.6 Å². The number of hydrogen-bond donors (Lipinski definition) is 2. The lowest BCUT2D eigenvalue weighted by molar-refractivity contribution is 0.126. The molecule has 6 nitrogen and oxygen atoms in total. The Hall–Kier alpha value is -2.03. The maximum atomic E-state index is 10.1. The summed E-state index contributed by atoms with van der Waals surface area (Å²) in [4.78, 5) is 5.68. The second-order valence-corrected chi connectivity index (χ2v) is 7.52. The zero-order chi connectivity index (χ0) is 18.2. The van der Waals surface area contributed by atoms with E-state index in [4.69, 9.17) is 9.47 Å². The monoisotopic (exact) mass is 391 g/mol. The number of nitrogens with zero attached hydrogens (tertiary/aromatic N) is 2. The van der Waals surface area contributed by atoms with Crippen LogP contribution in [-0.4, -0.2) is 45.4 Å². The third-order valence-corrected chi connectivity index (χ3v) is 5.28. The number of nitrogens with one attached hydrogen (secondary N) is 1. The highest BCUT2D eigenvalue weighted by Gasteiger charge is 2.10. The number of thioether (sulfide) groups is 1. The Balaban J connectivity index is 1.39. The summed E-state index contributed by atoms with van der Waals surface area (Å²) in [5.74, 6) is 2.80. The minimum absolute atomic E-state index is 0.216. The van der Waals surface area contributed by atoms with Crippen LogP contribution in [0.15, 0.2) is 46.9 Å². The second kappa shape index (κ2) is 9.61. The molecule has 0 radical (unpaired) electrons. The normalized spacial score (nSPS) is 12.1. The van der Waals surface area contributed by atoms with Crippen molar-refractivity contribution in [3.05, 3.63) is 52.5 Å². The summed E-state index contributed by atoms with van der Waals surface area (Å²) in [5.41, 5.74) is 0. The number of aliphatic hydroxyl groups excluding tert-OH is 1. The number of aliphatic hydroxyl groups is 1. The third kappa shape index (κ3) is 5.76. The molecule has 2 heterocycles. The molecule has 3 aromatic rings. The largest absolute Gasteiger partial charge is 0.494 e. The lowest BCUT2D eigenvalue weighted by Crippen LogP contribution is -2.20. The Bertz CT molecular complexity index is 775. The molecule has 3 rings (SSSR count). The topological polar surface area (TPSA) is 80.3 Å². The van der Waals surface area contributed by atoms with E-state index in [1.807, 2.05) is 42.6 Å². The Labute approximate surface area is 160 Å². The van der Waals surface area contributed by atoms with Crippen molar-refractivity contribution in [2.75, 3.05) is 19.0 Å². The standard InChI is InChI=1S/C18H21N3O3S2/c1-2-23-14-5-7-15(8-6-14)24-11-13(22)12-26-18-19-17(20-21-18)10-16-4-3-9-25-16/h3-9,13,22H,2,10-12H2,1H3,(H,19,20,21). The first-order chi connectivity index (χ1) is 12.7. The van der Waals surface area contributed by atoms with Crippen LogP contribution in [0.5, 0.6) is 11.5 Å². The minimum atomic E-state index is -0.606. The summed E-state index contributed by atoms with van der Waals surface area (Å²) in [6, 6.07) is 11.5. The molecule has 0 aliphatic heterocycles. The first-order valence-corrected chi connectivity index (χ1v) is 10.2. The molecule has 0 saturated heterocycles. The number of benzene rings is 1. The Morgan fingerprint density at radius 1 is 1.19 bits per heavy atom. The second-order valence-electron chi connectivity index (χ2n) is 5.50. The summed E-state index contributed by atoms with van der Waals surface area (Å²) in [6.45, 7) is 2.79. The fourth-order valence-corrected chi connectivity index (χ4v) is 3.64.